The summed E-state index contributed by atoms with van der Waals surface area (Å²) in [6.07, 6.45) is 1.01. The van der Waals surface area contributed by atoms with Crippen LogP contribution in [0.3, 0.4) is 0 Å². The molecule has 0 aromatic heterocycles. The van der Waals surface area contributed by atoms with Crippen LogP contribution < -0.4 is 5.73 Å². The minimum atomic E-state index is -0.0382. The highest BCUT2D eigenvalue weighted by Crippen LogP contribution is 2.30. The van der Waals surface area contributed by atoms with Gasteiger partial charge in [-0.2, -0.15) is 0 Å². The van der Waals surface area contributed by atoms with Gasteiger partial charge in [0.25, 0.3) is 0 Å². The fraction of sp³-hybridized carbons (Fsp3) is 0.455. The molecule has 1 saturated heterocycles. The second kappa shape index (κ2) is 4.71. The Kier molecular flexibility index (Phi) is 3.52. The van der Waals surface area contributed by atoms with Crippen LogP contribution >= 0.6 is 23.2 Å². The first kappa shape index (κ1) is 11.2. The van der Waals surface area contributed by atoms with E-state index in [0.29, 0.717) is 16.0 Å². The maximum Gasteiger partial charge on any atom is 0.0513 e. The monoisotopic (exact) mass is 245 g/mol. The molecule has 4 heteroatoms. The van der Waals surface area contributed by atoms with E-state index in [-0.39, 0.29) is 6.04 Å². The van der Waals surface area contributed by atoms with Crippen molar-refractivity contribution in [1.82, 2.24) is 0 Å². The lowest BCUT2D eigenvalue weighted by molar-refractivity contribution is 0.181. The summed E-state index contributed by atoms with van der Waals surface area (Å²) in [6.45, 7) is 1.53. The summed E-state index contributed by atoms with van der Waals surface area (Å²) >= 11 is 11.9. The van der Waals surface area contributed by atoms with Crippen molar-refractivity contribution in [3.05, 3.63) is 33.8 Å². The van der Waals surface area contributed by atoms with Gasteiger partial charge in [-0.15, -0.1) is 0 Å². The molecule has 2 rings (SSSR count). The van der Waals surface area contributed by atoms with Crippen molar-refractivity contribution >= 4 is 23.2 Å². The Balaban J connectivity index is 2.20. The quantitative estimate of drug-likeness (QED) is 0.870. The van der Waals surface area contributed by atoms with Crippen LogP contribution in [0.4, 0.5) is 0 Å². The highest BCUT2D eigenvalue weighted by Gasteiger charge is 2.24. The Bertz CT molecular complexity index is 330. The van der Waals surface area contributed by atoms with Gasteiger partial charge >= 0.3 is 0 Å². The Hall–Kier alpha value is -0.280. The van der Waals surface area contributed by atoms with Gasteiger partial charge in [0.1, 0.15) is 0 Å². The van der Waals surface area contributed by atoms with E-state index < -0.39 is 0 Å². The van der Waals surface area contributed by atoms with Crippen molar-refractivity contribution in [2.45, 2.75) is 12.5 Å². The molecule has 1 aromatic rings. The fourth-order valence-corrected chi connectivity index (χ4v) is 2.42. The van der Waals surface area contributed by atoms with E-state index in [2.05, 4.69) is 0 Å². The molecule has 0 bridgehead atoms. The Morgan fingerprint density at radius 3 is 2.47 bits per heavy atom. The molecule has 2 unspecified atom stereocenters. The van der Waals surface area contributed by atoms with Gasteiger partial charge in [-0.3, -0.25) is 0 Å². The van der Waals surface area contributed by atoms with Crippen molar-refractivity contribution in [2.24, 2.45) is 11.7 Å². The minimum absolute atomic E-state index is 0.0382. The van der Waals surface area contributed by atoms with Crippen LogP contribution in [0, 0.1) is 5.92 Å². The maximum atomic E-state index is 6.14. The van der Waals surface area contributed by atoms with Crippen molar-refractivity contribution < 1.29 is 4.74 Å². The van der Waals surface area contributed by atoms with Crippen LogP contribution in [0.5, 0.6) is 0 Å². The highest BCUT2D eigenvalue weighted by atomic mass is 35.5. The lowest BCUT2D eigenvalue weighted by Gasteiger charge is -2.18. The summed E-state index contributed by atoms with van der Waals surface area (Å²) in [5.74, 6) is 0.375. The van der Waals surface area contributed by atoms with E-state index in [0.717, 1.165) is 25.2 Å². The summed E-state index contributed by atoms with van der Waals surface area (Å²) in [5, 5.41) is 1.26. The van der Waals surface area contributed by atoms with E-state index in [9.17, 15) is 0 Å². The van der Waals surface area contributed by atoms with Crippen molar-refractivity contribution in [3.8, 4) is 0 Å². The van der Waals surface area contributed by atoms with Gasteiger partial charge in [-0.05, 0) is 30.2 Å². The third-order valence-electron chi connectivity index (χ3n) is 2.74. The number of rotatable bonds is 2. The minimum Gasteiger partial charge on any atom is -0.381 e. The van der Waals surface area contributed by atoms with Gasteiger partial charge in [0, 0.05) is 28.6 Å². The van der Waals surface area contributed by atoms with Crippen LogP contribution in [0.1, 0.15) is 18.0 Å². The molecule has 0 aliphatic carbocycles. The molecule has 0 amide bonds. The molecule has 1 aromatic carbocycles. The zero-order valence-electron chi connectivity index (χ0n) is 8.25. The molecule has 1 heterocycles. The summed E-state index contributed by atoms with van der Waals surface area (Å²) in [7, 11) is 0. The summed E-state index contributed by atoms with van der Waals surface area (Å²) in [6, 6.07) is 5.42. The molecule has 0 radical (unpaired) electrons. The van der Waals surface area contributed by atoms with Gasteiger partial charge in [0.2, 0.25) is 0 Å². The molecule has 2 nitrogen and oxygen atoms in total. The third-order valence-corrected chi connectivity index (χ3v) is 3.18. The van der Waals surface area contributed by atoms with Crippen LogP contribution in [-0.4, -0.2) is 13.2 Å². The lowest BCUT2D eigenvalue weighted by atomic mass is 9.93. The predicted octanol–water partition coefficient (Wildman–Crippen LogP) is 3.03. The standard InChI is InChI=1S/C11H13Cl2NO/c12-9-3-8(4-10(13)5-9)11(14)7-1-2-15-6-7/h3-5,7,11H,1-2,6,14H2. The van der Waals surface area contributed by atoms with Crippen molar-refractivity contribution in [2.75, 3.05) is 13.2 Å². The normalized spacial score (nSPS) is 23.0. The highest BCUT2D eigenvalue weighted by molar-refractivity contribution is 6.34. The average Bonchev–Trinajstić information content (AvgIpc) is 2.67. The molecule has 1 aliphatic rings. The topological polar surface area (TPSA) is 35.2 Å². The summed E-state index contributed by atoms with van der Waals surface area (Å²) < 4.78 is 5.31. The second-order valence-corrected chi connectivity index (χ2v) is 4.73. The molecule has 1 fully saturated rings. The Labute approximate surface area is 99.3 Å². The molecular weight excluding hydrogens is 233 g/mol. The Morgan fingerprint density at radius 1 is 1.27 bits per heavy atom. The number of ether oxygens (including phenoxy) is 1. The summed E-state index contributed by atoms with van der Waals surface area (Å²) in [5.41, 5.74) is 7.13. The molecule has 2 N–H and O–H groups in total. The van der Waals surface area contributed by atoms with E-state index >= 15 is 0 Å². The smallest absolute Gasteiger partial charge is 0.0513 e. The van der Waals surface area contributed by atoms with E-state index in [1.165, 1.54) is 0 Å². The van der Waals surface area contributed by atoms with E-state index in [4.69, 9.17) is 33.7 Å². The van der Waals surface area contributed by atoms with Crippen LogP contribution in [0.15, 0.2) is 18.2 Å². The zero-order valence-corrected chi connectivity index (χ0v) is 9.76. The lowest BCUT2D eigenvalue weighted by Crippen LogP contribution is -2.21. The first-order valence-corrected chi connectivity index (χ1v) is 5.72. The van der Waals surface area contributed by atoms with Gasteiger partial charge in [-0.25, -0.2) is 0 Å². The summed E-state index contributed by atoms with van der Waals surface area (Å²) in [4.78, 5) is 0. The predicted molar refractivity (Wildman–Crippen MR) is 62.3 cm³/mol. The first-order valence-electron chi connectivity index (χ1n) is 4.96. The third kappa shape index (κ3) is 2.64. The molecule has 15 heavy (non-hydrogen) atoms. The second-order valence-electron chi connectivity index (χ2n) is 3.85. The number of halogens is 2. The van der Waals surface area contributed by atoms with Gasteiger partial charge in [-0.1, -0.05) is 23.2 Å². The first-order chi connectivity index (χ1) is 7.16. The van der Waals surface area contributed by atoms with Gasteiger partial charge < -0.3 is 10.5 Å². The molecular formula is C11H13Cl2NO. The molecule has 0 saturated carbocycles. The van der Waals surface area contributed by atoms with E-state index in [1.807, 2.05) is 12.1 Å². The Morgan fingerprint density at radius 2 is 1.93 bits per heavy atom. The average molecular weight is 246 g/mol. The molecule has 1 aliphatic heterocycles. The van der Waals surface area contributed by atoms with Crippen molar-refractivity contribution in [3.63, 3.8) is 0 Å². The maximum absolute atomic E-state index is 6.14. The molecule has 0 spiro atoms. The number of hydrogen-bond donors (Lipinski definition) is 1. The van der Waals surface area contributed by atoms with E-state index in [1.54, 1.807) is 6.07 Å². The molecule has 82 valence electrons. The van der Waals surface area contributed by atoms with Crippen LogP contribution in [0.25, 0.3) is 0 Å². The van der Waals surface area contributed by atoms with Gasteiger partial charge in [0.15, 0.2) is 0 Å². The van der Waals surface area contributed by atoms with Gasteiger partial charge in [0.05, 0.1) is 6.61 Å². The number of benzene rings is 1. The SMILES string of the molecule is NC(c1cc(Cl)cc(Cl)c1)C1CCOC1. The fourth-order valence-electron chi connectivity index (χ4n) is 1.88. The zero-order chi connectivity index (χ0) is 10.8. The number of nitrogens with two attached hydrogens (primary N) is 1. The number of hydrogen-bond acceptors (Lipinski definition) is 2. The molecule has 2 atom stereocenters. The van der Waals surface area contributed by atoms with Crippen molar-refractivity contribution in [1.29, 1.82) is 0 Å². The van der Waals surface area contributed by atoms with Crippen LogP contribution in [0.2, 0.25) is 10.0 Å². The largest absolute Gasteiger partial charge is 0.381 e. The van der Waals surface area contributed by atoms with Crippen LogP contribution in [-0.2, 0) is 4.74 Å².